The van der Waals surface area contributed by atoms with E-state index in [9.17, 15) is 9.18 Å². The molecule has 6 heteroatoms. The predicted molar refractivity (Wildman–Crippen MR) is 95.0 cm³/mol. The monoisotopic (exact) mass is 349 g/mol. The van der Waals surface area contributed by atoms with E-state index >= 15 is 0 Å². The van der Waals surface area contributed by atoms with Crippen LogP contribution >= 0.6 is 0 Å². The molecule has 2 saturated heterocycles. The van der Waals surface area contributed by atoms with Crippen molar-refractivity contribution < 1.29 is 13.9 Å². The maximum Gasteiger partial charge on any atom is 0.227 e. The first-order valence-electron chi connectivity index (χ1n) is 9.04. The summed E-state index contributed by atoms with van der Waals surface area (Å²) in [5, 5.41) is 0. The highest BCUT2D eigenvalue weighted by atomic mass is 19.1. The SMILES string of the molecule is CN(C)CCO[C@@H]1C[C@H]2CN(C(=O)Cc3cccc(F)c3)CCN2C1. The first kappa shape index (κ1) is 18.3. The van der Waals surface area contributed by atoms with Gasteiger partial charge in [-0.25, -0.2) is 4.39 Å². The van der Waals surface area contributed by atoms with Crippen molar-refractivity contribution in [1.82, 2.24) is 14.7 Å². The molecular weight excluding hydrogens is 321 g/mol. The first-order valence-corrected chi connectivity index (χ1v) is 9.04. The second kappa shape index (κ2) is 8.25. The Kier molecular flexibility index (Phi) is 6.04. The van der Waals surface area contributed by atoms with Gasteiger partial charge < -0.3 is 14.5 Å². The molecule has 0 aromatic heterocycles. The number of hydrogen-bond acceptors (Lipinski definition) is 4. The van der Waals surface area contributed by atoms with Crippen LogP contribution in [0.4, 0.5) is 4.39 Å². The molecule has 2 fully saturated rings. The lowest BCUT2D eigenvalue weighted by atomic mass is 10.1. The van der Waals surface area contributed by atoms with Crippen LogP contribution in [0.1, 0.15) is 12.0 Å². The van der Waals surface area contributed by atoms with Gasteiger partial charge in [0.15, 0.2) is 0 Å². The Morgan fingerprint density at radius 2 is 2.16 bits per heavy atom. The zero-order chi connectivity index (χ0) is 17.8. The number of halogens is 1. The molecule has 2 aliphatic rings. The molecule has 0 spiro atoms. The third kappa shape index (κ3) is 5.00. The van der Waals surface area contributed by atoms with Gasteiger partial charge in [-0.05, 0) is 38.2 Å². The van der Waals surface area contributed by atoms with Gasteiger partial charge >= 0.3 is 0 Å². The second-order valence-corrected chi connectivity index (χ2v) is 7.33. The summed E-state index contributed by atoms with van der Waals surface area (Å²) in [6, 6.07) is 6.69. The van der Waals surface area contributed by atoms with E-state index in [1.54, 1.807) is 12.1 Å². The number of hydrogen-bond donors (Lipinski definition) is 0. The summed E-state index contributed by atoms with van der Waals surface area (Å²) in [5.74, 6) is -0.203. The maximum absolute atomic E-state index is 13.3. The molecule has 0 radical (unpaired) electrons. The van der Waals surface area contributed by atoms with E-state index < -0.39 is 0 Å². The number of carbonyl (C=O) groups excluding carboxylic acids is 1. The van der Waals surface area contributed by atoms with E-state index in [-0.39, 0.29) is 24.2 Å². The highest BCUT2D eigenvalue weighted by Crippen LogP contribution is 2.24. The number of nitrogens with zero attached hydrogens (tertiary/aromatic N) is 3. The number of likely N-dealkylation sites (N-methyl/N-ethyl adjacent to an activating group) is 1. The molecule has 5 nitrogen and oxygen atoms in total. The smallest absolute Gasteiger partial charge is 0.227 e. The fraction of sp³-hybridized carbons (Fsp3) is 0.632. The highest BCUT2D eigenvalue weighted by Gasteiger charge is 2.37. The number of carbonyl (C=O) groups is 1. The number of ether oxygens (including phenoxy) is 1. The number of fused-ring (bicyclic) bond motifs is 1. The van der Waals surface area contributed by atoms with Crippen molar-refractivity contribution in [3.05, 3.63) is 35.6 Å². The largest absolute Gasteiger partial charge is 0.375 e. The van der Waals surface area contributed by atoms with E-state index in [1.807, 2.05) is 19.0 Å². The van der Waals surface area contributed by atoms with Gasteiger partial charge in [0.25, 0.3) is 0 Å². The van der Waals surface area contributed by atoms with Crippen molar-refractivity contribution in [2.75, 3.05) is 53.4 Å². The molecule has 0 unspecified atom stereocenters. The molecule has 1 amide bonds. The minimum atomic E-state index is -0.288. The molecule has 0 N–H and O–H groups in total. The van der Waals surface area contributed by atoms with Crippen LogP contribution in [-0.2, 0) is 16.0 Å². The average molecular weight is 349 g/mol. The summed E-state index contributed by atoms with van der Waals surface area (Å²) in [6.07, 6.45) is 1.52. The maximum atomic E-state index is 13.3. The third-order valence-electron chi connectivity index (χ3n) is 5.07. The molecule has 1 aromatic rings. The molecule has 0 aliphatic carbocycles. The summed E-state index contributed by atoms with van der Waals surface area (Å²) in [4.78, 5) is 19.0. The highest BCUT2D eigenvalue weighted by molar-refractivity contribution is 5.79. The fourth-order valence-corrected chi connectivity index (χ4v) is 3.68. The molecule has 1 aromatic carbocycles. The molecule has 0 bridgehead atoms. The standard InChI is InChI=1S/C19H28FN3O2/c1-21(2)8-9-25-18-12-17-13-23(7-6-22(17)14-18)19(24)11-15-4-3-5-16(20)10-15/h3-5,10,17-18H,6-9,11-14H2,1-2H3/t17-,18+/m0/s1. The van der Waals surface area contributed by atoms with Crippen LogP contribution in [0.25, 0.3) is 0 Å². The molecule has 2 atom stereocenters. The number of benzene rings is 1. The topological polar surface area (TPSA) is 36.0 Å². The van der Waals surface area contributed by atoms with Gasteiger partial charge in [0.05, 0.1) is 19.1 Å². The Bertz CT molecular complexity index is 596. The van der Waals surface area contributed by atoms with Gasteiger partial charge in [0.1, 0.15) is 5.82 Å². The number of piperazine rings is 1. The van der Waals surface area contributed by atoms with Gasteiger partial charge in [0.2, 0.25) is 5.91 Å². The summed E-state index contributed by atoms with van der Waals surface area (Å²) in [6.45, 7) is 5.04. The molecule has 25 heavy (non-hydrogen) atoms. The lowest BCUT2D eigenvalue weighted by Gasteiger charge is -2.37. The van der Waals surface area contributed by atoms with Crippen molar-refractivity contribution in [3.63, 3.8) is 0 Å². The quantitative estimate of drug-likeness (QED) is 0.774. The van der Waals surface area contributed by atoms with Crippen LogP contribution in [-0.4, -0.2) is 86.2 Å². The first-order chi connectivity index (χ1) is 12.0. The molecule has 3 rings (SSSR count). The molecule has 2 aliphatic heterocycles. The van der Waals surface area contributed by atoms with Gasteiger partial charge in [0, 0.05) is 38.8 Å². The summed E-state index contributed by atoms with van der Waals surface area (Å²) >= 11 is 0. The minimum Gasteiger partial charge on any atom is -0.375 e. The van der Waals surface area contributed by atoms with Gasteiger partial charge in [-0.2, -0.15) is 0 Å². The predicted octanol–water partition coefficient (Wildman–Crippen LogP) is 1.23. The van der Waals surface area contributed by atoms with Crippen LogP contribution < -0.4 is 0 Å². The lowest BCUT2D eigenvalue weighted by Crippen LogP contribution is -2.52. The van der Waals surface area contributed by atoms with Crippen molar-refractivity contribution in [3.8, 4) is 0 Å². The van der Waals surface area contributed by atoms with Crippen LogP contribution in [0.2, 0.25) is 0 Å². The van der Waals surface area contributed by atoms with E-state index in [4.69, 9.17) is 4.74 Å². The van der Waals surface area contributed by atoms with E-state index in [0.29, 0.717) is 6.04 Å². The zero-order valence-corrected chi connectivity index (χ0v) is 15.2. The fourth-order valence-electron chi connectivity index (χ4n) is 3.68. The second-order valence-electron chi connectivity index (χ2n) is 7.33. The summed E-state index contributed by atoms with van der Waals surface area (Å²) < 4.78 is 19.3. The Labute approximate surface area is 149 Å². The average Bonchev–Trinajstić information content (AvgIpc) is 2.96. The van der Waals surface area contributed by atoms with Gasteiger partial charge in [-0.3, -0.25) is 9.69 Å². The van der Waals surface area contributed by atoms with Crippen LogP contribution in [0.15, 0.2) is 24.3 Å². The van der Waals surface area contributed by atoms with Crippen molar-refractivity contribution >= 4 is 5.91 Å². The van der Waals surface area contributed by atoms with E-state index in [2.05, 4.69) is 9.80 Å². The Morgan fingerprint density at radius 1 is 1.32 bits per heavy atom. The van der Waals surface area contributed by atoms with E-state index in [1.165, 1.54) is 12.1 Å². The van der Waals surface area contributed by atoms with Crippen LogP contribution in [0.5, 0.6) is 0 Å². The van der Waals surface area contributed by atoms with Gasteiger partial charge in [-0.1, -0.05) is 12.1 Å². The molecule has 2 heterocycles. The zero-order valence-electron chi connectivity index (χ0n) is 15.2. The molecule has 138 valence electrons. The Hall–Kier alpha value is -1.50. The normalized spacial score (nSPS) is 23.9. The van der Waals surface area contributed by atoms with Crippen LogP contribution in [0, 0.1) is 5.82 Å². The van der Waals surface area contributed by atoms with Crippen molar-refractivity contribution in [2.45, 2.75) is 25.0 Å². The number of rotatable bonds is 6. The van der Waals surface area contributed by atoms with Gasteiger partial charge in [-0.15, -0.1) is 0 Å². The van der Waals surface area contributed by atoms with Crippen molar-refractivity contribution in [1.29, 1.82) is 0 Å². The summed E-state index contributed by atoms with van der Waals surface area (Å²) in [5.41, 5.74) is 0.740. The van der Waals surface area contributed by atoms with Crippen LogP contribution in [0.3, 0.4) is 0 Å². The van der Waals surface area contributed by atoms with E-state index in [0.717, 1.165) is 51.3 Å². The Morgan fingerprint density at radius 3 is 2.92 bits per heavy atom. The molecule has 0 saturated carbocycles. The Balaban J connectivity index is 1.48. The van der Waals surface area contributed by atoms with Crippen molar-refractivity contribution in [2.24, 2.45) is 0 Å². The summed E-state index contributed by atoms with van der Waals surface area (Å²) in [7, 11) is 4.09. The molecular formula is C19H28FN3O2. The minimum absolute atomic E-state index is 0.0854. The lowest BCUT2D eigenvalue weighted by molar-refractivity contribution is -0.133. The number of amides is 1. The third-order valence-corrected chi connectivity index (χ3v) is 5.07.